The normalized spacial score (nSPS) is 11.3. The predicted octanol–water partition coefficient (Wildman–Crippen LogP) is 4.46. The molecular weight excluding hydrogens is 335 g/mol. The fourth-order valence-electron chi connectivity index (χ4n) is 2.12. The van der Waals surface area contributed by atoms with Crippen molar-refractivity contribution >= 4 is 17.7 Å². The summed E-state index contributed by atoms with van der Waals surface area (Å²) < 4.78 is 37.4. The number of carbonyl (C=O) groups excluding carboxylic acids is 1. The van der Waals surface area contributed by atoms with Crippen molar-refractivity contribution in [3.8, 4) is 0 Å². The van der Waals surface area contributed by atoms with Crippen molar-refractivity contribution in [1.29, 1.82) is 0 Å². The van der Waals surface area contributed by atoms with Crippen LogP contribution in [0, 0.1) is 6.92 Å². The average molecular weight is 353 g/mol. The number of thioether (sulfide) groups is 1. The van der Waals surface area contributed by atoms with Gasteiger partial charge in [-0.2, -0.15) is 13.2 Å². The first-order chi connectivity index (χ1) is 11.4. The van der Waals surface area contributed by atoms with Crippen LogP contribution < -0.4 is 5.32 Å². The van der Waals surface area contributed by atoms with E-state index >= 15 is 0 Å². The molecule has 0 saturated carbocycles. The number of amides is 1. The van der Waals surface area contributed by atoms with Gasteiger partial charge in [0, 0.05) is 11.4 Å². The zero-order valence-electron chi connectivity index (χ0n) is 13.2. The molecule has 0 saturated heterocycles. The molecule has 2 nitrogen and oxygen atoms in total. The molecule has 6 heteroatoms. The topological polar surface area (TPSA) is 29.1 Å². The number of aryl methyl sites for hydroxylation is 1. The van der Waals surface area contributed by atoms with Gasteiger partial charge in [-0.05, 0) is 42.7 Å². The quantitative estimate of drug-likeness (QED) is 0.777. The van der Waals surface area contributed by atoms with Crippen molar-refractivity contribution in [3.05, 3.63) is 65.2 Å². The summed E-state index contributed by atoms with van der Waals surface area (Å²) in [4.78, 5) is 12.9. The van der Waals surface area contributed by atoms with Crippen LogP contribution in [0.5, 0.6) is 0 Å². The minimum absolute atomic E-state index is 0.0878. The van der Waals surface area contributed by atoms with Gasteiger partial charge in [-0.25, -0.2) is 0 Å². The maximum absolute atomic E-state index is 12.5. The molecule has 1 amide bonds. The van der Waals surface area contributed by atoms with E-state index in [1.165, 1.54) is 23.9 Å². The Balaban J connectivity index is 1.74. The van der Waals surface area contributed by atoms with E-state index in [2.05, 4.69) is 5.32 Å². The van der Waals surface area contributed by atoms with Gasteiger partial charge in [-0.1, -0.05) is 30.3 Å². The predicted molar refractivity (Wildman–Crippen MR) is 90.1 cm³/mol. The molecule has 2 aromatic rings. The van der Waals surface area contributed by atoms with Gasteiger partial charge in [-0.3, -0.25) is 4.79 Å². The van der Waals surface area contributed by atoms with Crippen LogP contribution in [-0.4, -0.2) is 18.2 Å². The highest BCUT2D eigenvalue weighted by Gasteiger charge is 2.29. The maximum Gasteiger partial charge on any atom is 0.416 e. The highest BCUT2D eigenvalue weighted by atomic mass is 32.2. The number of hydrogen-bond acceptors (Lipinski definition) is 2. The van der Waals surface area contributed by atoms with Crippen LogP contribution in [0.2, 0.25) is 0 Å². The minimum atomic E-state index is -4.32. The second-order valence-corrected chi connectivity index (χ2v) is 6.37. The molecule has 0 atom stereocenters. The number of carbonyl (C=O) groups is 1. The Morgan fingerprint density at radius 2 is 1.75 bits per heavy atom. The number of benzene rings is 2. The van der Waals surface area contributed by atoms with Crippen LogP contribution in [0.25, 0.3) is 0 Å². The second-order valence-electron chi connectivity index (χ2n) is 5.35. The molecule has 1 N–H and O–H groups in total. The van der Waals surface area contributed by atoms with Gasteiger partial charge in [0.05, 0.1) is 11.3 Å². The molecule has 0 unspecified atom stereocenters. The standard InChI is InChI=1S/C18H18F3NOS/c1-13-4-2-3-5-16(13)24-12-17(23)22-11-10-14-6-8-15(9-7-14)18(19,20)21/h2-9H,10-12H2,1H3,(H,22,23). The highest BCUT2D eigenvalue weighted by molar-refractivity contribution is 8.00. The molecule has 0 aliphatic heterocycles. The van der Waals surface area contributed by atoms with Gasteiger partial charge in [0.15, 0.2) is 0 Å². The summed E-state index contributed by atoms with van der Waals surface area (Å²) in [6, 6.07) is 12.8. The zero-order valence-corrected chi connectivity index (χ0v) is 14.0. The maximum atomic E-state index is 12.5. The Kier molecular flexibility index (Phi) is 6.31. The van der Waals surface area contributed by atoms with E-state index in [9.17, 15) is 18.0 Å². The third kappa shape index (κ3) is 5.60. The molecule has 2 aromatic carbocycles. The molecule has 0 aliphatic rings. The van der Waals surface area contributed by atoms with E-state index in [0.29, 0.717) is 18.7 Å². The molecule has 24 heavy (non-hydrogen) atoms. The van der Waals surface area contributed by atoms with Gasteiger partial charge >= 0.3 is 6.18 Å². The van der Waals surface area contributed by atoms with Crippen molar-refractivity contribution in [2.24, 2.45) is 0 Å². The Hall–Kier alpha value is -1.95. The SMILES string of the molecule is Cc1ccccc1SCC(=O)NCCc1ccc(C(F)(F)F)cc1. The lowest BCUT2D eigenvalue weighted by atomic mass is 10.1. The van der Waals surface area contributed by atoms with E-state index in [4.69, 9.17) is 0 Å². The molecule has 0 radical (unpaired) electrons. The van der Waals surface area contributed by atoms with E-state index in [-0.39, 0.29) is 5.91 Å². The number of rotatable bonds is 6. The molecule has 0 spiro atoms. The molecule has 0 aliphatic carbocycles. The summed E-state index contributed by atoms with van der Waals surface area (Å²) in [5.41, 5.74) is 1.22. The average Bonchev–Trinajstić information content (AvgIpc) is 2.54. The Morgan fingerprint density at radius 3 is 2.38 bits per heavy atom. The lowest BCUT2D eigenvalue weighted by Gasteiger charge is -2.09. The summed E-state index contributed by atoms with van der Waals surface area (Å²) in [5, 5.41) is 2.78. The molecule has 128 valence electrons. The lowest BCUT2D eigenvalue weighted by Crippen LogP contribution is -2.27. The zero-order chi connectivity index (χ0) is 17.6. The van der Waals surface area contributed by atoms with Crippen LogP contribution in [0.3, 0.4) is 0 Å². The van der Waals surface area contributed by atoms with E-state index in [0.717, 1.165) is 28.2 Å². The van der Waals surface area contributed by atoms with Gasteiger partial charge in [0.2, 0.25) is 5.91 Å². The van der Waals surface area contributed by atoms with Crippen molar-refractivity contribution < 1.29 is 18.0 Å². The number of hydrogen-bond donors (Lipinski definition) is 1. The smallest absolute Gasteiger partial charge is 0.355 e. The highest BCUT2D eigenvalue weighted by Crippen LogP contribution is 2.29. The van der Waals surface area contributed by atoms with Gasteiger partial charge < -0.3 is 5.32 Å². The van der Waals surface area contributed by atoms with Crippen molar-refractivity contribution in [2.45, 2.75) is 24.4 Å². The fraction of sp³-hybridized carbons (Fsp3) is 0.278. The van der Waals surface area contributed by atoms with E-state index in [1.54, 1.807) is 0 Å². The number of halogens is 3. The first-order valence-corrected chi connectivity index (χ1v) is 8.46. The third-order valence-corrected chi connectivity index (χ3v) is 4.65. The van der Waals surface area contributed by atoms with Crippen molar-refractivity contribution in [2.75, 3.05) is 12.3 Å². The molecular formula is C18H18F3NOS. The molecule has 0 fully saturated rings. The second kappa shape index (κ2) is 8.24. The van der Waals surface area contributed by atoms with Gasteiger partial charge in [0.25, 0.3) is 0 Å². The Morgan fingerprint density at radius 1 is 1.08 bits per heavy atom. The summed E-state index contributed by atoms with van der Waals surface area (Å²) in [6.07, 6.45) is -3.82. The van der Waals surface area contributed by atoms with Crippen molar-refractivity contribution in [3.63, 3.8) is 0 Å². The number of nitrogens with one attached hydrogen (secondary N) is 1. The van der Waals surface area contributed by atoms with Crippen LogP contribution in [0.4, 0.5) is 13.2 Å². The fourth-order valence-corrected chi connectivity index (χ4v) is 2.98. The lowest BCUT2D eigenvalue weighted by molar-refractivity contribution is -0.137. The van der Waals surface area contributed by atoms with Crippen LogP contribution >= 0.6 is 11.8 Å². The first kappa shape index (κ1) is 18.4. The molecule has 0 aromatic heterocycles. The Bertz CT molecular complexity index is 683. The summed E-state index contributed by atoms with van der Waals surface area (Å²) in [6.45, 7) is 2.39. The summed E-state index contributed by atoms with van der Waals surface area (Å²) in [7, 11) is 0. The van der Waals surface area contributed by atoms with Crippen molar-refractivity contribution in [1.82, 2.24) is 5.32 Å². The molecule has 0 heterocycles. The van der Waals surface area contributed by atoms with E-state index < -0.39 is 11.7 Å². The number of alkyl halides is 3. The third-order valence-electron chi connectivity index (χ3n) is 3.47. The van der Waals surface area contributed by atoms with Gasteiger partial charge in [-0.15, -0.1) is 11.8 Å². The summed E-state index contributed by atoms with van der Waals surface area (Å²) in [5.74, 6) is 0.230. The van der Waals surface area contributed by atoms with Gasteiger partial charge in [0.1, 0.15) is 0 Å². The van der Waals surface area contributed by atoms with Crippen LogP contribution in [0.15, 0.2) is 53.4 Å². The Labute approximate surface area is 143 Å². The summed E-state index contributed by atoms with van der Waals surface area (Å²) >= 11 is 1.47. The first-order valence-electron chi connectivity index (χ1n) is 7.47. The van der Waals surface area contributed by atoms with E-state index in [1.807, 2.05) is 31.2 Å². The molecule has 0 bridgehead atoms. The van der Waals surface area contributed by atoms with Crippen LogP contribution in [-0.2, 0) is 17.4 Å². The monoisotopic (exact) mass is 353 g/mol. The van der Waals surface area contributed by atoms with Crippen LogP contribution in [0.1, 0.15) is 16.7 Å². The largest absolute Gasteiger partial charge is 0.416 e. The minimum Gasteiger partial charge on any atom is -0.355 e. The molecule has 2 rings (SSSR count).